The molecule has 0 radical (unpaired) electrons. The van der Waals surface area contributed by atoms with Crippen molar-refractivity contribution in [2.24, 2.45) is 0 Å². The molecule has 0 aliphatic rings. The average molecular weight is 334 g/mol. The van der Waals surface area contributed by atoms with Crippen molar-refractivity contribution in [3.8, 4) is 6.07 Å². The maximum absolute atomic E-state index is 11.8. The molecule has 0 aliphatic heterocycles. The predicted molar refractivity (Wildman–Crippen MR) is 84.6 cm³/mol. The zero-order chi connectivity index (χ0) is 15.9. The van der Waals surface area contributed by atoms with Crippen molar-refractivity contribution in [1.29, 1.82) is 5.26 Å². The van der Waals surface area contributed by atoms with Crippen LogP contribution in [0.3, 0.4) is 0 Å². The predicted octanol–water partition coefficient (Wildman–Crippen LogP) is 2.51. The zero-order valence-electron chi connectivity index (χ0n) is 11.4. The molecule has 2 N–H and O–H groups in total. The van der Waals surface area contributed by atoms with E-state index in [1.54, 1.807) is 41.1 Å². The van der Waals surface area contributed by atoms with Crippen molar-refractivity contribution in [2.75, 3.05) is 6.54 Å². The van der Waals surface area contributed by atoms with Gasteiger partial charge in [-0.25, -0.2) is 0 Å². The first-order valence-corrected chi connectivity index (χ1v) is 7.67. The summed E-state index contributed by atoms with van der Waals surface area (Å²) in [6.07, 6.45) is 0. The van der Waals surface area contributed by atoms with Crippen LogP contribution in [0.5, 0.6) is 0 Å². The molecule has 1 atom stereocenters. The Labute approximate surface area is 136 Å². The largest absolute Gasteiger partial charge is 0.343 e. The maximum atomic E-state index is 11.8. The van der Waals surface area contributed by atoms with Crippen LogP contribution >= 0.6 is 22.9 Å². The second-order valence-electron chi connectivity index (χ2n) is 4.38. The first kappa shape index (κ1) is 16.0. The van der Waals surface area contributed by atoms with Gasteiger partial charge in [0.05, 0.1) is 12.6 Å². The lowest BCUT2D eigenvalue weighted by Gasteiger charge is -2.12. The van der Waals surface area contributed by atoms with Crippen LogP contribution in [0.15, 0.2) is 41.1 Å². The number of rotatable bonds is 5. The summed E-state index contributed by atoms with van der Waals surface area (Å²) in [6, 6.07) is 9.54. The number of nitriles is 1. The number of halogens is 1. The summed E-state index contributed by atoms with van der Waals surface area (Å²) in [5, 5.41) is 18.1. The number of nitrogens with one attached hydrogen (secondary N) is 2. The van der Waals surface area contributed by atoms with Gasteiger partial charge in [0.2, 0.25) is 5.91 Å². The van der Waals surface area contributed by atoms with Crippen LogP contribution in [0.25, 0.3) is 0 Å². The van der Waals surface area contributed by atoms with Crippen LogP contribution in [0.4, 0.5) is 0 Å². The van der Waals surface area contributed by atoms with Crippen LogP contribution in [0.2, 0.25) is 5.02 Å². The Morgan fingerprint density at radius 2 is 2.18 bits per heavy atom. The molecule has 1 heterocycles. The lowest BCUT2D eigenvalue weighted by Crippen LogP contribution is -2.38. The average Bonchev–Trinajstić information content (AvgIpc) is 3.04. The second-order valence-corrected chi connectivity index (χ2v) is 5.60. The molecule has 0 spiro atoms. The highest BCUT2D eigenvalue weighted by Gasteiger charge is 2.15. The molecule has 1 aromatic carbocycles. The Bertz CT molecular complexity index is 710. The molecule has 112 valence electrons. The minimum Gasteiger partial charge on any atom is -0.343 e. The van der Waals surface area contributed by atoms with E-state index in [0.717, 1.165) is 0 Å². The molecule has 7 heteroatoms. The number of carbonyl (C=O) groups is 2. The third-order valence-corrected chi connectivity index (χ3v) is 3.73. The van der Waals surface area contributed by atoms with E-state index in [1.165, 1.54) is 11.3 Å². The summed E-state index contributed by atoms with van der Waals surface area (Å²) in [6.45, 7) is -0.201. The van der Waals surface area contributed by atoms with E-state index < -0.39 is 11.9 Å². The van der Waals surface area contributed by atoms with E-state index in [0.29, 0.717) is 16.1 Å². The number of amides is 2. The fourth-order valence-corrected chi connectivity index (χ4v) is 2.58. The quantitative estimate of drug-likeness (QED) is 0.882. The van der Waals surface area contributed by atoms with Crippen molar-refractivity contribution in [3.63, 3.8) is 0 Å². The molecule has 0 bridgehead atoms. The Kier molecular flexibility index (Phi) is 5.53. The van der Waals surface area contributed by atoms with E-state index in [-0.39, 0.29) is 12.5 Å². The van der Waals surface area contributed by atoms with Crippen LogP contribution in [-0.4, -0.2) is 18.4 Å². The van der Waals surface area contributed by atoms with Gasteiger partial charge in [0.15, 0.2) is 0 Å². The molecule has 1 aromatic heterocycles. The molecule has 0 fully saturated rings. The maximum Gasteiger partial charge on any atom is 0.252 e. The minimum atomic E-state index is -0.816. The van der Waals surface area contributed by atoms with Crippen LogP contribution in [0.1, 0.15) is 22.0 Å². The number of benzene rings is 1. The third kappa shape index (κ3) is 4.32. The molecule has 2 amide bonds. The topological polar surface area (TPSA) is 82.0 Å². The standard InChI is InChI=1S/C15H12ClN3O2S/c16-12-3-1-2-10(6-12)13(7-17)19-14(20)8-18-15(21)11-4-5-22-9-11/h1-6,9,13H,8H2,(H,18,21)(H,19,20). The van der Waals surface area contributed by atoms with Gasteiger partial charge in [-0.1, -0.05) is 23.7 Å². The first-order chi connectivity index (χ1) is 10.6. The van der Waals surface area contributed by atoms with Gasteiger partial charge in [0, 0.05) is 16.0 Å². The van der Waals surface area contributed by atoms with Gasteiger partial charge in [0.1, 0.15) is 6.04 Å². The molecule has 0 saturated heterocycles. The Balaban J connectivity index is 1.90. The number of nitrogens with zero attached hydrogens (tertiary/aromatic N) is 1. The summed E-state index contributed by atoms with van der Waals surface area (Å²) in [7, 11) is 0. The van der Waals surface area contributed by atoms with Crippen molar-refractivity contribution >= 4 is 34.8 Å². The van der Waals surface area contributed by atoms with Gasteiger partial charge < -0.3 is 10.6 Å². The molecule has 0 aliphatic carbocycles. The highest BCUT2D eigenvalue weighted by atomic mass is 35.5. The zero-order valence-corrected chi connectivity index (χ0v) is 12.9. The lowest BCUT2D eigenvalue weighted by atomic mass is 10.1. The summed E-state index contributed by atoms with van der Waals surface area (Å²) < 4.78 is 0. The van der Waals surface area contributed by atoms with Gasteiger partial charge in [-0.15, -0.1) is 0 Å². The van der Waals surface area contributed by atoms with Gasteiger partial charge >= 0.3 is 0 Å². The Morgan fingerprint density at radius 1 is 1.36 bits per heavy atom. The molecular formula is C15H12ClN3O2S. The third-order valence-electron chi connectivity index (χ3n) is 2.81. The monoisotopic (exact) mass is 333 g/mol. The molecular weight excluding hydrogens is 322 g/mol. The van der Waals surface area contributed by atoms with Crippen LogP contribution in [0, 0.1) is 11.3 Å². The van der Waals surface area contributed by atoms with E-state index in [2.05, 4.69) is 10.6 Å². The minimum absolute atomic E-state index is 0.201. The number of thiophene rings is 1. The van der Waals surface area contributed by atoms with Crippen LogP contribution in [-0.2, 0) is 4.79 Å². The summed E-state index contributed by atoms with van der Waals surface area (Å²) in [4.78, 5) is 23.6. The fourth-order valence-electron chi connectivity index (χ4n) is 1.74. The number of hydrogen-bond acceptors (Lipinski definition) is 4. The molecule has 2 aromatic rings. The van der Waals surface area contributed by atoms with Crippen molar-refractivity contribution in [2.45, 2.75) is 6.04 Å². The fraction of sp³-hybridized carbons (Fsp3) is 0.133. The van der Waals surface area contributed by atoms with Gasteiger partial charge in [-0.05, 0) is 29.1 Å². The normalized spacial score (nSPS) is 11.3. The van der Waals surface area contributed by atoms with Crippen molar-refractivity contribution < 1.29 is 9.59 Å². The lowest BCUT2D eigenvalue weighted by molar-refractivity contribution is -0.120. The van der Waals surface area contributed by atoms with E-state index >= 15 is 0 Å². The van der Waals surface area contributed by atoms with E-state index in [9.17, 15) is 9.59 Å². The highest BCUT2D eigenvalue weighted by molar-refractivity contribution is 7.08. The van der Waals surface area contributed by atoms with Crippen molar-refractivity contribution in [3.05, 3.63) is 57.2 Å². The SMILES string of the molecule is N#CC(NC(=O)CNC(=O)c1ccsc1)c1cccc(Cl)c1. The van der Waals surface area contributed by atoms with Crippen LogP contribution < -0.4 is 10.6 Å². The molecule has 22 heavy (non-hydrogen) atoms. The summed E-state index contributed by atoms with van der Waals surface area (Å²) in [5.41, 5.74) is 1.09. The Morgan fingerprint density at radius 3 is 2.82 bits per heavy atom. The highest BCUT2D eigenvalue weighted by Crippen LogP contribution is 2.17. The smallest absolute Gasteiger partial charge is 0.252 e. The first-order valence-electron chi connectivity index (χ1n) is 6.35. The van der Waals surface area contributed by atoms with Gasteiger partial charge in [-0.3, -0.25) is 9.59 Å². The second kappa shape index (κ2) is 7.59. The number of hydrogen-bond donors (Lipinski definition) is 2. The molecule has 5 nitrogen and oxygen atoms in total. The molecule has 2 rings (SSSR count). The van der Waals surface area contributed by atoms with E-state index in [1.807, 2.05) is 6.07 Å². The summed E-state index contributed by atoms with van der Waals surface area (Å²) >= 11 is 7.26. The molecule has 1 unspecified atom stereocenters. The van der Waals surface area contributed by atoms with E-state index in [4.69, 9.17) is 16.9 Å². The van der Waals surface area contributed by atoms with Gasteiger partial charge in [0.25, 0.3) is 5.91 Å². The van der Waals surface area contributed by atoms with Gasteiger partial charge in [-0.2, -0.15) is 16.6 Å². The molecule has 0 saturated carbocycles. The van der Waals surface area contributed by atoms with Crippen molar-refractivity contribution in [1.82, 2.24) is 10.6 Å². The Hall–Kier alpha value is -2.36. The number of carbonyl (C=O) groups excluding carboxylic acids is 2. The summed E-state index contributed by atoms with van der Waals surface area (Å²) in [5.74, 6) is -0.775.